The van der Waals surface area contributed by atoms with Crippen molar-refractivity contribution in [3.63, 3.8) is 0 Å². The summed E-state index contributed by atoms with van der Waals surface area (Å²) in [5.41, 5.74) is 5.43. The van der Waals surface area contributed by atoms with Gasteiger partial charge in [-0.3, -0.25) is 20.4 Å². The van der Waals surface area contributed by atoms with E-state index >= 15 is 0 Å². The Labute approximate surface area is 161 Å². The molecule has 0 saturated heterocycles. The van der Waals surface area contributed by atoms with E-state index in [1.165, 1.54) is 43.0 Å². The molecule has 146 valence electrons. The Hall–Kier alpha value is -2.34. The van der Waals surface area contributed by atoms with Gasteiger partial charge in [-0.1, -0.05) is 17.7 Å². The summed E-state index contributed by atoms with van der Waals surface area (Å²) in [5, 5.41) is 2.15. The van der Waals surface area contributed by atoms with Gasteiger partial charge in [0.2, 0.25) is 10.0 Å². The Balaban J connectivity index is 1.90. The molecule has 2 aromatic rings. The van der Waals surface area contributed by atoms with Crippen molar-refractivity contribution in [3.05, 3.63) is 45.9 Å². The van der Waals surface area contributed by atoms with Gasteiger partial charge in [0.25, 0.3) is 11.8 Å². The topological polar surface area (TPSA) is 118 Å². The summed E-state index contributed by atoms with van der Waals surface area (Å²) in [6.07, 6.45) is 0. The molecule has 2 rings (SSSR count). The van der Waals surface area contributed by atoms with Crippen molar-refractivity contribution in [2.45, 2.75) is 18.4 Å². The minimum absolute atomic E-state index is 0.0839. The number of thiazole rings is 1. The quantitative estimate of drug-likeness (QED) is 0.646. The van der Waals surface area contributed by atoms with Crippen molar-refractivity contribution >= 4 is 33.2 Å². The number of nitrogens with zero attached hydrogens (tertiary/aromatic N) is 2. The Morgan fingerprint density at radius 2 is 1.89 bits per heavy atom. The summed E-state index contributed by atoms with van der Waals surface area (Å²) in [7, 11) is -1.01. The summed E-state index contributed by atoms with van der Waals surface area (Å²) < 4.78 is 30.7. The molecule has 0 unspecified atom stereocenters. The Morgan fingerprint density at radius 1 is 1.22 bits per heavy atom. The summed E-state index contributed by atoms with van der Waals surface area (Å²) in [6.45, 7) is 1.67. The number of nitrogens with one attached hydrogen (secondary N) is 2. The summed E-state index contributed by atoms with van der Waals surface area (Å²) in [6, 6.07) is 6.29. The first-order valence-electron chi connectivity index (χ1n) is 7.79. The summed E-state index contributed by atoms with van der Waals surface area (Å²) in [5.74, 6) is -1.29. The zero-order valence-corrected chi connectivity index (χ0v) is 16.7. The molecular weight excluding hydrogens is 392 g/mol. The van der Waals surface area contributed by atoms with Crippen LogP contribution in [0.5, 0.6) is 0 Å². The fraction of sp³-hybridized carbons (Fsp3) is 0.312. The van der Waals surface area contributed by atoms with Crippen LogP contribution in [0.1, 0.15) is 21.1 Å². The van der Waals surface area contributed by atoms with Crippen LogP contribution in [0.4, 0.5) is 0 Å². The van der Waals surface area contributed by atoms with E-state index in [1.54, 1.807) is 12.1 Å². The number of hydrazine groups is 1. The van der Waals surface area contributed by atoms with Crippen molar-refractivity contribution in [1.29, 1.82) is 0 Å². The molecule has 0 fully saturated rings. The highest BCUT2D eigenvalue weighted by atomic mass is 32.2. The molecule has 0 atom stereocenters. The third-order valence-corrected chi connectivity index (χ3v) is 6.10. The van der Waals surface area contributed by atoms with E-state index in [1.807, 2.05) is 6.92 Å². The number of benzene rings is 1. The van der Waals surface area contributed by atoms with Crippen molar-refractivity contribution in [2.24, 2.45) is 0 Å². The number of sulfonamides is 1. The zero-order valence-electron chi connectivity index (χ0n) is 15.1. The number of hydrogen-bond acceptors (Lipinski definition) is 7. The van der Waals surface area contributed by atoms with Crippen molar-refractivity contribution in [1.82, 2.24) is 20.1 Å². The highest BCUT2D eigenvalue weighted by molar-refractivity contribution is 7.89. The van der Waals surface area contributed by atoms with Crippen LogP contribution < -0.4 is 10.9 Å². The molecule has 1 aromatic heterocycles. The SMILES string of the molecule is COCc1nc(C(=O)NNC(=O)CN(C)S(=O)(=O)c2ccc(C)cc2)cs1. The van der Waals surface area contributed by atoms with Gasteiger partial charge >= 0.3 is 0 Å². The molecule has 0 bridgehead atoms. The Kier molecular flexibility index (Phi) is 7.02. The average Bonchev–Trinajstić information content (AvgIpc) is 3.09. The predicted octanol–water partition coefficient (Wildman–Crippen LogP) is 0.680. The molecule has 11 heteroatoms. The highest BCUT2D eigenvalue weighted by Gasteiger charge is 2.23. The largest absolute Gasteiger partial charge is 0.378 e. The second-order valence-corrected chi connectivity index (χ2v) is 8.62. The number of likely N-dealkylation sites (N-methyl/N-ethyl adjacent to an activating group) is 1. The number of carbonyl (C=O) groups excluding carboxylic acids is 2. The molecule has 9 nitrogen and oxygen atoms in total. The summed E-state index contributed by atoms with van der Waals surface area (Å²) in [4.78, 5) is 28.0. The fourth-order valence-electron chi connectivity index (χ4n) is 2.01. The third-order valence-electron chi connectivity index (χ3n) is 3.46. The lowest BCUT2D eigenvalue weighted by molar-refractivity contribution is -0.121. The van der Waals surface area contributed by atoms with Crippen LogP contribution in [0.25, 0.3) is 0 Å². The number of rotatable bonds is 7. The molecule has 2 N–H and O–H groups in total. The second-order valence-electron chi connectivity index (χ2n) is 5.64. The van der Waals surface area contributed by atoms with Crippen LogP contribution in [0.2, 0.25) is 0 Å². The van der Waals surface area contributed by atoms with Gasteiger partial charge in [-0.05, 0) is 19.1 Å². The lowest BCUT2D eigenvalue weighted by atomic mass is 10.2. The van der Waals surface area contributed by atoms with Gasteiger partial charge in [0, 0.05) is 19.5 Å². The monoisotopic (exact) mass is 412 g/mol. The molecule has 0 radical (unpaired) electrons. The molecule has 1 heterocycles. The van der Waals surface area contributed by atoms with Crippen LogP contribution in [-0.4, -0.2) is 50.2 Å². The molecule has 1 aromatic carbocycles. The van der Waals surface area contributed by atoms with Gasteiger partial charge < -0.3 is 4.74 Å². The first kappa shape index (κ1) is 21.0. The van der Waals surface area contributed by atoms with E-state index in [0.717, 1.165) is 9.87 Å². The molecular formula is C16H20N4O5S2. The number of methoxy groups -OCH3 is 1. The molecule has 0 aliphatic heterocycles. The normalized spacial score (nSPS) is 11.4. The third kappa shape index (κ3) is 5.57. The number of carbonyl (C=O) groups is 2. The Morgan fingerprint density at radius 3 is 2.52 bits per heavy atom. The zero-order chi connectivity index (χ0) is 20.0. The second kappa shape index (κ2) is 9.04. The van der Waals surface area contributed by atoms with E-state index in [2.05, 4.69) is 15.8 Å². The maximum absolute atomic E-state index is 12.4. The maximum Gasteiger partial charge on any atom is 0.289 e. The van der Waals surface area contributed by atoms with Crippen LogP contribution >= 0.6 is 11.3 Å². The molecule has 2 amide bonds. The van der Waals surface area contributed by atoms with Crippen LogP contribution in [0.3, 0.4) is 0 Å². The number of hydrogen-bond donors (Lipinski definition) is 2. The Bertz CT molecular complexity index is 909. The van der Waals surface area contributed by atoms with Gasteiger partial charge in [0.05, 0.1) is 18.0 Å². The van der Waals surface area contributed by atoms with Crippen molar-refractivity contribution in [3.8, 4) is 0 Å². The van der Waals surface area contributed by atoms with Crippen molar-refractivity contribution in [2.75, 3.05) is 20.7 Å². The minimum Gasteiger partial charge on any atom is -0.378 e. The van der Waals surface area contributed by atoms with E-state index in [0.29, 0.717) is 5.01 Å². The smallest absolute Gasteiger partial charge is 0.289 e. The van der Waals surface area contributed by atoms with E-state index in [4.69, 9.17) is 4.74 Å². The van der Waals surface area contributed by atoms with Crippen LogP contribution in [-0.2, 0) is 26.2 Å². The van der Waals surface area contributed by atoms with E-state index in [-0.39, 0.29) is 17.2 Å². The van der Waals surface area contributed by atoms with Crippen LogP contribution in [0, 0.1) is 6.92 Å². The van der Waals surface area contributed by atoms with E-state index < -0.39 is 28.4 Å². The van der Waals surface area contributed by atoms with Gasteiger partial charge in [0.15, 0.2) is 0 Å². The van der Waals surface area contributed by atoms with Gasteiger partial charge in [-0.2, -0.15) is 4.31 Å². The molecule has 0 aliphatic rings. The van der Waals surface area contributed by atoms with Gasteiger partial charge in [-0.15, -0.1) is 11.3 Å². The van der Waals surface area contributed by atoms with Crippen molar-refractivity contribution < 1.29 is 22.7 Å². The number of aromatic nitrogens is 1. The standard InChI is InChI=1S/C16H20N4O5S2/c1-11-4-6-12(7-5-11)27(23,24)20(2)8-14(21)18-19-16(22)13-10-26-15(17-13)9-25-3/h4-7,10H,8-9H2,1-3H3,(H,18,21)(H,19,22). The van der Waals surface area contributed by atoms with Gasteiger partial charge in [0.1, 0.15) is 10.7 Å². The van der Waals surface area contributed by atoms with Crippen LogP contribution in [0.15, 0.2) is 34.5 Å². The lowest BCUT2D eigenvalue weighted by Crippen LogP contribution is -2.46. The first-order chi connectivity index (χ1) is 12.7. The molecule has 27 heavy (non-hydrogen) atoms. The molecule has 0 spiro atoms. The first-order valence-corrected chi connectivity index (χ1v) is 10.1. The number of amides is 2. The highest BCUT2D eigenvalue weighted by Crippen LogP contribution is 2.14. The number of ether oxygens (including phenoxy) is 1. The fourth-order valence-corrected chi connectivity index (χ4v) is 3.88. The van der Waals surface area contributed by atoms with Gasteiger partial charge in [-0.25, -0.2) is 13.4 Å². The average molecular weight is 412 g/mol. The summed E-state index contributed by atoms with van der Waals surface area (Å²) >= 11 is 1.25. The minimum atomic E-state index is -3.81. The van der Waals surface area contributed by atoms with E-state index in [9.17, 15) is 18.0 Å². The number of aryl methyl sites for hydroxylation is 1. The lowest BCUT2D eigenvalue weighted by Gasteiger charge is -2.17. The molecule has 0 saturated carbocycles. The maximum atomic E-state index is 12.4. The molecule has 0 aliphatic carbocycles. The predicted molar refractivity (Wildman–Crippen MR) is 99.4 cm³/mol.